The first-order valence-electron chi connectivity index (χ1n) is 7.60. The van der Waals surface area contributed by atoms with Crippen molar-refractivity contribution in [3.05, 3.63) is 71.7 Å². The van der Waals surface area contributed by atoms with Gasteiger partial charge in [0.15, 0.2) is 5.82 Å². The molecule has 2 aromatic carbocycles. The van der Waals surface area contributed by atoms with Crippen molar-refractivity contribution in [2.24, 2.45) is 0 Å². The van der Waals surface area contributed by atoms with Crippen molar-refractivity contribution in [2.75, 3.05) is 5.32 Å². The number of amides is 1. The summed E-state index contributed by atoms with van der Waals surface area (Å²) in [4.78, 5) is 12.2. The molecule has 1 heterocycles. The maximum atomic E-state index is 13.2. The van der Waals surface area contributed by atoms with Crippen molar-refractivity contribution in [1.29, 1.82) is 0 Å². The van der Waals surface area contributed by atoms with Gasteiger partial charge in [-0.3, -0.25) is 9.89 Å². The summed E-state index contributed by atoms with van der Waals surface area (Å²) in [5.74, 6) is -1.22. The summed E-state index contributed by atoms with van der Waals surface area (Å²) in [6.07, 6.45) is -4.78. The molecule has 0 aliphatic carbocycles. The Morgan fingerprint density at radius 1 is 1.04 bits per heavy atom. The largest absolute Gasteiger partial charge is 0.433 e. The van der Waals surface area contributed by atoms with Crippen LogP contribution in [0.5, 0.6) is 0 Å². The van der Waals surface area contributed by atoms with E-state index in [1.165, 1.54) is 36.4 Å². The fourth-order valence-corrected chi connectivity index (χ4v) is 2.49. The van der Waals surface area contributed by atoms with E-state index < -0.39 is 23.6 Å². The number of alkyl halides is 3. The average molecular weight is 363 g/mol. The number of nitrogens with zero attached hydrogens (tertiary/aromatic N) is 1. The quantitative estimate of drug-likeness (QED) is 0.675. The molecule has 26 heavy (non-hydrogen) atoms. The molecule has 0 aliphatic rings. The summed E-state index contributed by atoms with van der Waals surface area (Å²) < 4.78 is 52.7. The van der Waals surface area contributed by atoms with Crippen molar-refractivity contribution < 1.29 is 22.4 Å². The number of aromatic nitrogens is 2. The smallest absolute Gasteiger partial charge is 0.308 e. The second-order valence-electron chi connectivity index (χ2n) is 5.54. The molecule has 0 saturated carbocycles. The van der Waals surface area contributed by atoms with Crippen LogP contribution in [0.3, 0.4) is 0 Å². The summed E-state index contributed by atoms with van der Waals surface area (Å²) in [7, 11) is 0. The van der Waals surface area contributed by atoms with Gasteiger partial charge in [-0.25, -0.2) is 4.39 Å². The fourth-order valence-electron chi connectivity index (χ4n) is 2.49. The molecule has 0 radical (unpaired) electrons. The second kappa shape index (κ2) is 6.99. The van der Waals surface area contributed by atoms with Gasteiger partial charge >= 0.3 is 6.18 Å². The van der Waals surface area contributed by atoms with Gasteiger partial charge in [-0.15, -0.1) is 0 Å². The number of nitrogens with one attached hydrogen (secondary N) is 2. The number of carbonyl (C=O) groups is 1. The average Bonchev–Trinajstić information content (AvgIpc) is 3.01. The van der Waals surface area contributed by atoms with Crippen LogP contribution in [0.4, 0.5) is 23.4 Å². The molecular formula is C18H13F4N3O. The number of H-pyrrole nitrogens is 1. The highest BCUT2D eigenvalue weighted by Gasteiger charge is 2.38. The zero-order chi connectivity index (χ0) is 18.7. The van der Waals surface area contributed by atoms with E-state index >= 15 is 0 Å². The van der Waals surface area contributed by atoms with Gasteiger partial charge in [-0.2, -0.15) is 18.3 Å². The number of anilines is 1. The van der Waals surface area contributed by atoms with E-state index in [-0.39, 0.29) is 23.4 Å². The number of aromatic amines is 1. The third kappa shape index (κ3) is 3.90. The molecule has 3 rings (SSSR count). The summed E-state index contributed by atoms with van der Waals surface area (Å²) >= 11 is 0. The first-order valence-corrected chi connectivity index (χ1v) is 7.60. The van der Waals surface area contributed by atoms with Crippen LogP contribution in [0.2, 0.25) is 0 Å². The van der Waals surface area contributed by atoms with E-state index in [0.717, 1.165) is 0 Å². The van der Waals surface area contributed by atoms with Gasteiger partial charge in [-0.1, -0.05) is 42.5 Å². The van der Waals surface area contributed by atoms with Crippen LogP contribution in [-0.4, -0.2) is 16.1 Å². The third-order valence-corrected chi connectivity index (χ3v) is 3.65. The van der Waals surface area contributed by atoms with Crippen LogP contribution in [0.15, 0.2) is 54.6 Å². The lowest BCUT2D eigenvalue weighted by Gasteiger charge is -2.10. The Bertz CT molecular complexity index is 902. The lowest BCUT2D eigenvalue weighted by molar-refractivity contribution is -0.140. The standard InChI is InChI=1S/C18H13F4N3O/c19-13-8-6-11(7-9-13)10-14(26)23-17-15(12-4-2-1-3-5-12)16(24-25-17)18(20,21)22/h1-9H,10H2,(H2,23,24,25,26). The minimum absolute atomic E-state index is 0.122. The van der Waals surface area contributed by atoms with E-state index in [2.05, 4.69) is 10.4 Å². The second-order valence-corrected chi connectivity index (χ2v) is 5.54. The summed E-state index contributed by atoms with van der Waals surface area (Å²) in [6, 6.07) is 13.1. The monoisotopic (exact) mass is 363 g/mol. The SMILES string of the molecule is O=C(Cc1ccc(F)cc1)Nc1n[nH]c(C(F)(F)F)c1-c1ccccc1. The lowest BCUT2D eigenvalue weighted by Crippen LogP contribution is -2.15. The molecule has 0 unspecified atom stereocenters. The van der Waals surface area contributed by atoms with E-state index in [1.54, 1.807) is 18.2 Å². The first-order chi connectivity index (χ1) is 12.3. The fraction of sp³-hybridized carbons (Fsp3) is 0.111. The summed E-state index contributed by atoms with van der Waals surface area (Å²) in [5, 5.41) is 7.96. The van der Waals surface area contributed by atoms with Crippen molar-refractivity contribution in [3.8, 4) is 11.1 Å². The van der Waals surface area contributed by atoms with Crippen molar-refractivity contribution >= 4 is 11.7 Å². The minimum atomic E-state index is -4.65. The molecule has 1 aromatic heterocycles. The highest BCUT2D eigenvalue weighted by molar-refractivity contribution is 5.95. The van der Waals surface area contributed by atoms with Crippen molar-refractivity contribution in [2.45, 2.75) is 12.6 Å². The Morgan fingerprint density at radius 2 is 1.69 bits per heavy atom. The summed E-state index contributed by atoms with van der Waals surface area (Å²) in [6.45, 7) is 0. The predicted molar refractivity (Wildman–Crippen MR) is 87.8 cm³/mol. The van der Waals surface area contributed by atoms with E-state index in [0.29, 0.717) is 5.56 Å². The highest BCUT2D eigenvalue weighted by atomic mass is 19.4. The number of benzene rings is 2. The van der Waals surface area contributed by atoms with Gasteiger partial charge in [0, 0.05) is 0 Å². The number of halogens is 4. The molecule has 134 valence electrons. The van der Waals surface area contributed by atoms with Crippen LogP contribution >= 0.6 is 0 Å². The molecule has 8 heteroatoms. The lowest BCUT2D eigenvalue weighted by atomic mass is 10.0. The highest BCUT2D eigenvalue weighted by Crippen LogP contribution is 2.39. The van der Waals surface area contributed by atoms with Gasteiger partial charge in [-0.05, 0) is 23.3 Å². The van der Waals surface area contributed by atoms with Crippen LogP contribution in [0.25, 0.3) is 11.1 Å². The molecule has 0 atom stereocenters. The Balaban J connectivity index is 1.89. The number of hydrogen-bond donors (Lipinski definition) is 2. The molecule has 4 nitrogen and oxygen atoms in total. The predicted octanol–water partition coefficient (Wildman–Crippen LogP) is 4.42. The zero-order valence-corrected chi connectivity index (χ0v) is 13.3. The topological polar surface area (TPSA) is 57.8 Å². The van der Waals surface area contributed by atoms with Crippen molar-refractivity contribution in [1.82, 2.24) is 10.2 Å². The van der Waals surface area contributed by atoms with E-state index in [9.17, 15) is 22.4 Å². The van der Waals surface area contributed by atoms with Gasteiger partial charge < -0.3 is 5.32 Å². The van der Waals surface area contributed by atoms with Gasteiger partial charge in [0.05, 0.1) is 12.0 Å². The number of carbonyl (C=O) groups excluding carboxylic acids is 1. The van der Waals surface area contributed by atoms with Crippen molar-refractivity contribution in [3.63, 3.8) is 0 Å². The molecule has 1 amide bonds. The number of hydrogen-bond acceptors (Lipinski definition) is 2. The van der Waals surface area contributed by atoms with Crippen LogP contribution in [0.1, 0.15) is 11.3 Å². The molecule has 0 saturated heterocycles. The molecule has 0 bridgehead atoms. The van der Waals surface area contributed by atoms with E-state index in [4.69, 9.17) is 0 Å². The summed E-state index contributed by atoms with van der Waals surface area (Å²) in [5.41, 5.74) is -0.478. The molecule has 2 N–H and O–H groups in total. The first kappa shape index (κ1) is 17.7. The van der Waals surface area contributed by atoms with Gasteiger partial charge in [0.2, 0.25) is 5.91 Å². The molecular weight excluding hydrogens is 350 g/mol. The van der Waals surface area contributed by atoms with Gasteiger partial charge in [0.25, 0.3) is 0 Å². The Kier molecular flexibility index (Phi) is 4.75. The van der Waals surface area contributed by atoms with Crippen LogP contribution in [-0.2, 0) is 17.4 Å². The van der Waals surface area contributed by atoms with E-state index in [1.807, 2.05) is 5.10 Å². The normalized spacial score (nSPS) is 11.4. The maximum Gasteiger partial charge on any atom is 0.433 e. The molecule has 0 fully saturated rings. The molecule has 3 aromatic rings. The van der Waals surface area contributed by atoms with Gasteiger partial charge in [0.1, 0.15) is 11.5 Å². The molecule has 0 spiro atoms. The molecule has 0 aliphatic heterocycles. The van der Waals surface area contributed by atoms with Crippen LogP contribution < -0.4 is 5.32 Å². The van der Waals surface area contributed by atoms with Crippen LogP contribution in [0, 0.1) is 5.82 Å². The third-order valence-electron chi connectivity index (χ3n) is 3.65. The maximum absolute atomic E-state index is 13.2. The Labute approximate surface area is 145 Å². The zero-order valence-electron chi connectivity index (χ0n) is 13.3. The minimum Gasteiger partial charge on any atom is -0.308 e. The Morgan fingerprint density at radius 3 is 2.31 bits per heavy atom. The Hall–Kier alpha value is -3.16. The number of rotatable bonds is 4.